The van der Waals surface area contributed by atoms with Crippen LogP contribution in [0, 0.1) is 0 Å². The lowest BCUT2D eigenvalue weighted by Crippen LogP contribution is -2.53. The van der Waals surface area contributed by atoms with E-state index in [1.807, 2.05) is 0 Å². The first kappa shape index (κ1) is 14.9. The highest BCUT2D eigenvalue weighted by Gasteiger charge is 2.42. The van der Waals surface area contributed by atoms with Crippen LogP contribution in [-0.4, -0.2) is 78.6 Å². The molecule has 7 nitrogen and oxygen atoms in total. The minimum absolute atomic E-state index is 0.0160. The summed E-state index contributed by atoms with van der Waals surface area (Å²) in [6, 6.07) is 3.59. The topological polar surface area (TPSA) is 74.8 Å². The number of carbonyl (C=O) groups is 2. The molecule has 0 radical (unpaired) electrons. The van der Waals surface area contributed by atoms with Crippen LogP contribution in [-0.2, 0) is 9.53 Å². The fourth-order valence-electron chi connectivity index (χ4n) is 3.06. The third-order valence-electron chi connectivity index (χ3n) is 4.24. The van der Waals surface area contributed by atoms with E-state index in [4.69, 9.17) is 4.74 Å². The first-order valence-electron chi connectivity index (χ1n) is 7.44. The van der Waals surface area contributed by atoms with Gasteiger partial charge in [-0.15, -0.1) is 0 Å². The SMILES string of the molecule is CNC(=O)CN1CCO[C@H]2CN(C(=O)c3cccnc3)C[C@H]21. The van der Waals surface area contributed by atoms with Crippen molar-refractivity contribution >= 4 is 11.8 Å². The van der Waals surface area contributed by atoms with Gasteiger partial charge in [0.2, 0.25) is 5.91 Å². The molecule has 0 bridgehead atoms. The third kappa shape index (κ3) is 2.95. The zero-order valence-corrected chi connectivity index (χ0v) is 12.6. The van der Waals surface area contributed by atoms with Crippen LogP contribution in [0.15, 0.2) is 24.5 Å². The Morgan fingerprint density at radius 1 is 1.45 bits per heavy atom. The van der Waals surface area contributed by atoms with E-state index in [0.717, 1.165) is 0 Å². The molecule has 2 aliphatic rings. The summed E-state index contributed by atoms with van der Waals surface area (Å²) in [5.41, 5.74) is 0.582. The van der Waals surface area contributed by atoms with Crippen LogP contribution in [0.5, 0.6) is 0 Å². The van der Waals surface area contributed by atoms with Crippen molar-refractivity contribution in [2.45, 2.75) is 12.1 Å². The van der Waals surface area contributed by atoms with Gasteiger partial charge in [-0.1, -0.05) is 0 Å². The van der Waals surface area contributed by atoms with Crippen molar-refractivity contribution in [2.75, 3.05) is 39.8 Å². The Morgan fingerprint density at radius 2 is 2.32 bits per heavy atom. The van der Waals surface area contributed by atoms with Gasteiger partial charge in [-0.25, -0.2) is 0 Å². The lowest BCUT2D eigenvalue weighted by Gasteiger charge is -2.35. The summed E-state index contributed by atoms with van der Waals surface area (Å²) >= 11 is 0. The second kappa shape index (κ2) is 6.41. The van der Waals surface area contributed by atoms with Gasteiger partial charge in [0, 0.05) is 39.1 Å². The van der Waals surface area contributed by atoms with Crippen molar-refractivity contribution in [1.82, 2.24) is 20.1 Å². The highest BCUT2D eigenvalue weighted by molar-refractivity contribution is 5.94. The van der Waals surface area contributed by atoms with Crippen molar-refractivity contribution < 1.29 is 14.3 Å². The monoisotopic (exact) mass is 304 g/mol. The van der Waals surface area contributed by atoms with Gasteiger partial charge in [0.05, 0.1) is 30.9 Å². The molecule has 0 aromatic carbocycles. The summed E-state index contributed by atoms with van der Waals surface area (Å²) in [5, 5.41) is 2.64. The molecular formula is C15H20N4O3. The van der Waals surface area contributed by atoms with Gasteiger partial charge in [0.1, 0.15) is 0 Å². The number of likely N-dealkylation sites (N-methyl/N-ethyl adjacent to an activating group) is 1. The smallest absolute Gasteiger partial charge is 0.255 e. The molecule has 1 aromatic heterocycles. The molecule has 2 fully saturated rings. The van der Waals surface area contributed by atoms with Crippen molar-refractivity contribution in [2.24, 2.45) is 0 Å². The number of amides is 2. The number of morpholine rings is 1. The molecule has 3 heterocycles. The molecule has 2 aliphatic heterocycles. The van der Waals surface area contributed by atoms with Crippen LogP contribution < -0.4 is 5.32 Å². The molecule has 0 unspecified atom stereocenters. The number of fused-ring (bicyclic) bond motifs is 1. The number of aromatic nitrogens is 1. The minimum Gasteiger partial charge on any atom is -0.373 e. The van der Waals surface area contributed by atoms with Crippen molar-refractivity contribution in [1.29, 1.82) is 0 Å². The second-order valence-corrected chi connectivity index (χ2v) is 5.57. The maximum atomic E-state index is 12.5. The molecule has 0 spiro atoms. The van der Waals surface area contributed by atoms with Crippen LogP contribution in [0.3, 0.4) is 0 Å². The van der Waals surface area contributed by atoms with Gasteiger partial charge >= 0.3 is 0 Å². The molecule has 2 atom stereocenters. The number of nitrogens with one attached hydrogen (secondary N) is 1. The fourth-order valence-corrected chi connectivity index (χ4v) is 3.06. The lowest BCUT2D eigenvalue weighted by molar-refractivity contribution is -0.125. The average Bonchev–Trinajstić information content (AvgIpc) is 3.00. The standard InChI is InChI=1S/C15H20N4O3/c1-16-14(20)10-18-5-6-22-13-9-19(8-12(13)18)15(21)11-3-2-4-17-7-11/h2-4,7,12-13H,5-6,8-10H2,1H3,(H,16,20)/t12-,13+/m1/s1. The molecule has 2 saturated heterocycles. The summed E-state index contributed by atoms with van der Waals surface area (Å²) in [4.78, 5) is 32.0. The Morgan fingerprint density at radius 3 is 3.05 bits per heavy atom. The molecule has 1 N–H and O–H groups in total. The number of carbonyl (C=O) groups excluding carboxylic acids is 2. The van der Waals surface area contributed by atoms with Gasteiger partial charge in [-0.2, -0.15) is 0 Å². The fraction of sp³-hybridized carbons (Fsp3) is 0.533. The number of likely N-dealkylation sites (tertiary alicyclic amines) is 1. The summed E-state index contributed by atoms with van der Waals surface area (Å²) in [6.07, 6.45) is 3.20. The zero-order chi connectivity index (χ0) is 15.5. The molecular weight excluding hydrogens is 284 g/mol. The van der Waals surface area contributed by atoms with Crippen LogP contribution in [0.2, 0.25) is 0 Å². The van der Waals surface area contributed by atoms with Gasteiger partial charge in [0.15, 0.2) is 0 Å². The number of rotatable bonds is 3. The minimum atomic E-state index is -0.0361. The van der Waals surface area contributed by atoms with E-state index in [-0.39, 0.29) is 24.0 Å². The van der Waals surface area contributed by atoms with Crippen LogP contribution in [0.4, 0.5) is 0 Å². The van der Waals surface area contributed by atoms with E-state index >= 15 is 0 Å². The Kier molecular flexibility index (Phi) is 4.35. The second-order valence-electron chi connectivity index (χ2n) is 5.57. The van der Waals surface area contributed by atoms with E-state index in [1.54, 1.807) is 36.5 Å². The van der Waals surface area contributed by atoms with E-state index < -0.39 is 0 Å². The number of nitrogens with zero attached hydrogens (tertiary/aromatic N) is 3. The molecule has 7 heteroatoms. The number of hydrogen-bond donors (Lipinski definition) is 1. The van der Waals surface area contributed by atoms with E-state index in [2.05, 4.69) is 15.2 Å². The number of pyridine rings is 1. The summed E-state index contributed by atoms with van der Waals surface area (Å²) < 4.78 is 5.78. The zero-order valence-electron chi connectivity index (χ0n) is 12.6. The highest BCUT2D eigenvalue weighted by Crippen LogP contribution is 2.24. The van der Waals surface area contributed by atoms with Crippen molar-refractivity contribution in [3.05, 3.63) is 30.1 Å². The average molecular weight is 304 g/mol. The molecule has 3 rings (SSSR count). The molecule has 22 heavy (non-hydrogen) atoms. The predicted molar refractivity (Wildman–Crippen MR) is 79.3 cm³/mol. The summed E-state index contributed by atoms with van der Waals surface area (Å²) in [7, 11) is 1.63. The van der Waals surface area contributed by atoms with Crippen LogP contribution in [0.25, 0.3) is 0 Å². The number of hydrogen-bond acceptors (Lipinski definition) is 5. The Labute approximate surface area is 129 Å². The summed E-state index contributed by atoms with van der Waals surface area (Å²) in [6.45, 7) is 2.78. The van der Waals surface area contributed by atoms with Crippen LogP contribution >= 0.6 is 0 Å². The van der Waals surface area contributed by atoms with Crippen molar-refractivity contribution in [3.8, 4) is 0 Å². The van der Waals surface area contributed by atoms with E-state index in [0.29, 0.717) is 38.3 Å². The van der Waals surface area contributed by atoms with Gasteiger partial charge in [-0.3, -0.25) is 19.5 Å². The van der Waals surface area contributed by atoms with E-state index in [9.17, 15) is 9.59 Å². The quantitative estimate of drug-likeness (QED) is 0.803. The van der Waals surface area contributed by atoms with Gasteiger partial charge < -0.3 is 15.0 Å². The Bertz CT molecular complexity index is 551. The highest BCUT2D eigenvalue weighted by atomic mass is 16.5. The maximum absolute atomic E-state index is 12.5. The normalized spacial score (nSPS) is 24.9. The molecule has 2 amide bonds. The van der Waals surface area contributed by atoms with Gasteiger partial charge in [-0.05, 0) is 12.1 Å². The largest absolute Gasteiger partial charge is 0.373 e. The molecule has 0 aliphatic carbocycles. The first-order chi connectivity index (χ1) is 10.7. The van der Waals surface area contributed by atoms with Crippen LogP contribution in [0.1, 0.15) is 10.4 Å². The first-order valence-corrected chi connectivity index (χ1v) is 7.44. The third-order valence-corrected chi connectivity index (χ3v) is 4.24. The Hall–Kier alpha value is -1.99. The maximum Gasteiger partial charge on any atom is 0.255 e. The van der Waals surface area contributed by atoms with Gasteiger partial charge in [0.25, 0.3) is 5.91 Å². The lowest BCUT2D eigenvalue weighted by atomic mass is 10.1. The number of ether oxygens (including phenoxy) is 1. The predicted octanol–water partition coefficient (Wildman–Crippen LogP) is -0.647. The Balaban J connectivity index is 1.69. The molecule has 118 valence electrons. The summed E-state index contributed by atoms with van der Waals surface area (Å²) in [5.74, 6) is -0.0521. The molecule has 1 aromatic rings. The van der Waals surface area contributed by atoms with E-state index in [1.165, 1.54) is 0 Å². The van der Waals surface area contributed by atoms with Crippen molar-refractivity contribution in [3.63, 3.8) is 0 Å². The molecule has 0 saturated carbocycles.